The van der Waals surface area contributed by atoms with Crippen LogP contribution < -0.4 is 5.32 Å². The summed E-state index contributed by atoms with van der Waals surface area (Å²) < 4.78 is 28.7. The number of benzene rings is 2. The van der Waals surface area contributed by atoms with Crippen molar-refractivity contribution in [3.63, 3.8) is 0 Å². The van der Waals surface area contributed by atoms with Crippen LogP contribution in [0.3, 0.4) is 0 Å². The lowest BCUT2D eigenvalue weighted by molar-refractivity contribution is -0.113. The van der Waals surface area contributed by atoms with Crippen molar-refractivity contribution in [3.05, 3.63) is 57.6 Å². The van der Waals surface area contributed by atoms with E-state index in [1.165, 1.54) is 0 Å². The number of thioether (sulfide) groups is 1. The molecule has 3 rings (SSSR count). The normalized spacial score (nSPS) is 10.9. The van der Waals surface area contributed by atoms with Gasteiger partial charge in [-0.15, -0.1) is 5.10 Å². The highest BCUT2D eigenvalue weighted by Gasteiger charge is 2.17. The van der Waals surface area contributed by atoms with E-state index >= 15 is 0 Å². The molecule has 1 amide bonds. The first-order valence-corrected chi connectivity index (χ1v) is 9.57. The van der Waals surface area contributed by atoms with Gasteiger partial charge in [-0.2, -0.15) is 4.68 Å². The van der Waals surface area contributed by atoms with Crippen LogP contribution in [0, 0.1) is 25.5 Å². The van der Waals surface area contributed by atoms with Gasteiger partial charge in [-0.1, -0.05) is 30.0 Å². The molecule has 6 nitrogen and oxygen atoms in total. The molecule has 0 aliphatic rings. The quantitative estimate of drug-likeness (QED) is 0.589. The highest BCUT2D eigenvalue weighted by Crippen LogP contribution is 2.28. The van der Waals surface area contributed by atoms with E-state index in [-0.39, 0.29) is 15.9 Å². The summed E-state index contributed by atoms with van der Waals surface area (Å²) in [5, 5.41) is 14.5. The number of carbonyl (C=O) groups excluding carboxylic acids is 1. The molecule has 0 saturated heterocycles. The number of nitrogens with one attached hydrogen (secondary N) is 1. The van der Waals surface area contributed by atoms with Gasteiger partial charge in [-0.05, 0) is 57.4 Å². The van der Waals surface area contributed by atoms with Crippen LogP contribution in [0.4, 0.5) is 14.5 Å². The summed E-state index contributed by atoms with van der Waals surface area (Å²) in [6.45, 7) is 3.89. The number of aryl methyl sites for hydroxylation is 2. The monoisotopic (exact) mass is 453 g/mol. The van der Waals surface area contributed by atoms with Crippen molar-refractivity contribution in [1.29, 1.82) is 0 Å². The summed E-state index contributed by atoms with van der Waals surface area (Å²) in [5.41, 5.74) is 2.71. The number of rotatable bonds is 5. The van der Waals surface area contributed by atoms with E-state index in [0.717, 1.165) is 34.6 Å². The van der Waals surface area contributed by atoms with Gasteiger partial charge in [0.1, 0.15) is 5.82 Å². The number of aromatic nitrogens is 4. The number of anilines is 1. The third kappa shape index (κ3) is 4.33. The number of tetrazole rings is 1. The number of hydrogen-bond donors (Lipinski definition) is 1. The Kier molecular flexibility index (Phi) is 5.85. The fourth-order valence-corrected chi connectivity index (χ4v) is 3.70. The molecule has 0 atom stereocenters. The van der Waals surface area contributed by atoms with Crippen molar-refractivity contribution in [2.75, 3.05) is 11.1 Å². The zero-order chi connectivity index (χ0) is 19.6. The maximum Gasteiger partial charge on any atom is 0.234 e. The fourth-order valence-electron chi connectivity index (χ4n) is 2.52. The van der Waals surface area contributed by atoms with Crippen LogP contribution in [0.5, 0.6) is 0 Å². The van der Waals surface area contributed by atoms with Crippen molar-refractivity contribution in [2.24, 2.45) is 0 Å². The minimum Gasteiger partial charge on any atom is -0.322 e. The van der Waals surface area contributed by atoms with Gasteiger partial charge >= 0.3 is 0 Å². The number of carbonyl (C=O) groups is 1. The first-order valence-electron chi connectivity index (χ1n) is 7.79. The van der Waals surface area contributed by atoms with Gasteiger partial charge in [-0.3, -0.25) is 4.79 Å². The van der Waals surface area contributed by atoms with Crippen LogP contribution >= 0.6 is 27.7 Å². The number of hydrogen-bond acceptors (Lipinski definition) is 5. The Morgan fingerprint density at radius 3 is 2.63 bits per heavy atom. The van der Waals surface area contributed by atoms with E-state index in [1.54, 1.807) is 4.68 Å². The Balaban J connectivity index is 1.74. The number of amides is 1. The van der Waals surface area contributed by atoms with Crippen molar-refractivity contribution in [3.8, 4) is 5.69 Å². The van der Waals surface area contributed by atoms with Crippen LogP contribution in [-0.2, 0) is 4.79 Å². The molecule has 2 aromatic carbocycles. The summed E-state index contributed by atoms with van der Waals surface area (Å²) in [4.78, 5) is 12.2. The molecule has 0 saturated carbocycles. The minimum atomic E-state index is -0.861. The zero-order valence-electron chi connectivity index (χ0n) is 14.3. The van der Waals surface area contributed by atoms with Gasteiger partial charge in [-0.25, -0.2) is 8.78 Å². The molecule has 0 spiro atoms. The third-order valence-electron chi connectivity index (χ3n) is 3.70. The lowest BCUT2D eigenvalue weighted by atomic mass is 10.1. The predicted octanol–water partition coefficient (Wildman–Crippen LogP) is 4.05. The molecular formula is C17H14BrF2N5OS. The molecule has 3 aromatic rings. The molecule has 140 valence electrons. The van der Waals surface area contributed by atoms with E-state index in [2.05, 4.69) is 36.8 Å². The largest absolute Gasteiger partial charge is 0.322 e. The van der Waals surface area contributed by atoms with Crippen molar-refractivity contribution >= 4 is 39.3 Å². The molecule has 1 N–H and O–H groups in total. The van der Waals surface area contributed by atoms with Crippen molar-refractivity contribution in [2.45, 2.75) is 19.0 Å². The van der Waals surface area contributed by atoms with Gasteiger partial charge in [0, 0.05) is 10.5 Å². The zero-order valence-corrected chi connectivity index (χ0v) is 16.7. The third-order valence-corrected chi connectivity index (χ3v) is 5.24. The Hall–Kier alpha value is -2.33. The number of halogens is 3. The fraction of sp³-hybridized carbons (Fsp3) is 0.176. The van der Waals surface area contributed by atoms with E-state index in [0.29, 0.717) is 11.2 Å². The molecule has 27 heavy (non-hydrogen) atoms. The standard InChI is InChI=1S/C17H14BrF2N5OS/c1-9-4-3-5-10(2)16(9)25-17(22-23-24-25)27-8-14(26)21-15-12(18)6-11(19)7-13(15)20/h3-7H,8H2,1-2H3,(H,21,26). The molecule has 0 radical (unpaired) electrons. The predicted molar refractivity (Wildman–Crippen MR) is 102 cm³/mol. The number of nitrogens with zero attached hydrogens (tertiary/aromatic N) is 4. The van der Waals surface area contributed by atoms with Crippen molar-refractivity contribution in [1.82, 2.24) is 20.2 Å². The number of para-hydroxylation sites is 1. The molecule has 0 aliphatic carbocycles. The summed E-state index contributed by atoms with van der Waals surface area (Å²) >= 11 is 4.15. The highest BCUT2D eigenvalue weighted by molar-refractivity contribution is 9.10. The second kappa shape index (κ2) is 8.13. The summed E-state index contributed by atoms with van der Waals surface area (Å²) in [6.07, 6.45) is 0. The first-order chi connectivity index (χ1) is 12.9. The summed E-state index contributed by atoms with van der Waals surface area (Å²) in [5.74, 6) is -2.11. The molecule has 0 unspecified atom stereocenters. The Morgan fingerprint density at radius 2 is 1.96 bits per heavy atom. The van der Waals surface area contributed by atoms with Crippen molar-refractivity contribution < 1.29 is 13.6 Å². The lowest BCUT2D eigenvalue weighted by Crippen LogP contribution is -2.16. The minimum absolute atomic E-state index is 0.0471. The van der Waals surface area contributed by atoms with Gasteiger partial charge in [0.25, 0.3) is 0 Å². The van der Waals surface area contributed by atoms with Gasteiger partial charge < -0.3 is 5.32 Å². The molecule has 0 aliphatic heterocycles. The second-order valence-electron chi connectivity index (χ2n) is 5.69. The average Bonchev–Trinajstić information content (AvgIpc) is 3.04. The second-order valence-corrected chi connectivity index (χ2v) is 7.49. The summed E-state index contributed by atoms with van der Waals surface area (Å²) in [6, 6.07) is 7.61. The topological polar surface area (TPSA) is 72.7 Å². The lowest BCUT2D eigenvalue weighted by Gasteiger charge is -2.11. The molecule has 0 bridgehead atoms. The van der Waals surface area contributed by atoms with Gasteiger partial charge in [0.05, 0.1) is 17.1 Å². The van der Waals surface area contributed by atoms with Crippen LogP contribution in [-0.4, -0.2) is 31.9 Å². The van der Waals surface area contributed by atoms with Gasteiger partial charge in [0.15, 0.2) is 5.82 Å². The highest BCUT2D eigenvalue weighted by atomic mass is 79.9. The molecule has 10 heteroatoms. The molecular weight excluding hydrogens is 440 g/mol. The SMILES string of the molecule is Cc1cccc(C)c1-n1nnnc1SCC(=O)Nc1c(F)cc(F)cc1Br. The molecule has 1 aromatic heterocycles. The van der Waals surface area contributed by atoms with E-state index in [1.807, 2.05) is 32.0 Å². The molecule has 0 fully saturated rings. The van der Waals surface area contributed by atoms with Crippen LogP contribution in [0.1, 0.15) is 11.1 Å². The summed E-state index contributed by atoms with van der Waals surface area (Å²) in [7, 11) is 0. The maximum atomic E-state index is 13.8. The Morgan fingerprint density at radius 1 is 1.26 bits per heavy atom. The van der Waals surface area contributed by atoms with E-state index in [9.17, 15) is 13.6 Å². The Labute approximate surface area is 166 Å². The Bertz CT molecular complexity index is 967. The molecule has 1 heterocycles. The average molecular weight is 454 g/mol. The van der Waals surface area contributed by atoms with Gasteiger partial charge in [0.2, 0.25) is 11.1 Å². The van der Waals surface area contributed by atoms with E-state index in [4.69, 9.17) is 0 Å². The van der Waals surface area contributed by atoms with Crippen LogP contribution in [0.25, 0.3) is 5.69 Å². The smallest absolute Gasteiger partial charge is 0.234 e. The van der Waals surface area contributed by atoms with Crippen LogP contribution in [0.2, 0.25) is 0 Å². The van der Waals surface area contributed by atoms with Crippen LogP contribution in [0.15, 0.2) is 40.0 Å². The van der Waals surface area contributed by atoms with E-state index < -0.39 is 17.5 Å². The maximum absolute atomic E-state index is 13.8. The first kappa shape index (κ1) is 19.4.